The van der Waals surface area contributed by atoms with Crippen molar-refractivity contribution in [2.24, 2.45) is 0 Å². The molecule has 2 fully saturated rings. The summed E-state index contributed by atoms with van der Waals surface area (Å²) in [6, 6.07) is 0.346. The first-order valence-electron chi connectivity index (χ1n) is 5.92. The van der Waals surface area contributed by atoms with Crippen molar-refractivity contribution in [3.63, 3.8) is 0 Å². The summed E-state index contributed by atoms with van der Waals surface area (Å²) in [5, 5.41) is 14.8. The third-order valence-electron chi connectivity index (χ3n) is 3.30. The van der Waals surface area contributed by atoms with Crippen LogP contribution in [0.25, 0.3) is 0 Å². The highest BCUT2D eigenvalue weighted by Crippen LogP contribution is 2.25. The van der Waals surface area contributed by atoms with Gasteiger partial charge in [0.2, 0.25) is 0 Å². The fourth-order valence-corrected chi connectivity index (χ4v) is 2.76. The number of nitrogens with zero attached hydrogens (tertiary/aromatic N) is 2. The van der Waals surface area contributed by atoms with Gasteiger partial charge in [0, 0.05) is 24.5 Å². The van der Waals surface area contributed by atoms with Gasteiger partial charge in [-0.25, -0.2) is 4.98 Å². The fraction of sp³-hybridized carbons (Fsp3) is 0.636. The lowest BCUT2D eigenvalue weighted by Crippen LogP contribution is -2.50. The molecule has 0 unspecified atom stereocenters. The number of β-amino-alcohol motifs (C(OH)–C–C–N with tert-alkyl or cyclic N) is 1. The van der Waals surface area contributed by atoms with E-state index >= 15 is 0 Å². The molecule has 2 N–H and O–H groups in total. The standard InChI is InChI=1S/C11H15N3O2S/c15-8-4-14(5-8)11-13-9(6-17-11)10(16)12-7-2-1-3-7/h6-8,15H,1-5H2,(H,12,16). The summed E-state index contributed by atoms with van der Waals surface area (Å²) in [5.74, 6) is -0.0710. The van der Waals surface area contributed by atoms with Crippen molar-refractivity contribution in [2.45, 2.75) is 31.4 Å². The number of aliphatic hydroxyl groups excluding tert-OH is 1. The van der Waals surface area contributed by atoms with Gasteiger partial charge < -0.3 is 15.3 Å². The maximum atomic E-state index is 11.8. The van der Waals surface area contributed by atoms with Crippen LogP contribution in [0.3, 0.4) is 0 Å². The molecule has 5 nitrogen and oxygen atoms in total. The van der Waals surface area contributed by atoms with E-state index in [1.165, 1.54) is 17.8 Å². The molecule has 0 radical (unpaired) electrons. The van der Waals surface area contributed by atoms with Crippen molar-refractivity contribution in [1.82, 2.24) is 10.3 Å². The first-order valence-corrected chi connectivity index (χ1v) is 6.80. The van der Waals surface area contributed by atoms with Gasteiger partial charge in [0.15, 0.2) is 5.13 Å². The summed E-state index contributed by atoms with van der Waals surface area (Å²) in [5.41, 5.74) is 0.498. The number of carbonyl (C=O) groups excluding carboxylic acids is 1. The summed E-state index contributed by atoms with van der Waals surface area (Å²) >= 11 is 1.46. The number of aromatic nitrogens is 1. The highest BCUT2D eigenvalue weighted by Gasteiger charge is 2.28. The number of thiazole rings is 1. The van der Waals surface area contributed by atoms with Gasteiger partial charge in [0.25, 0.3) is 5.91 Å². The number of rotatable bonds is 3. The zero-order valence-corrected chi connectivity index (χ0v) is 10.2. The normalized spacial score (nSPS) is 20.9. The predicted molar refractivity (Wildman–Crippen MR) is 65.4 cm³/mol. The van der Waals surface area contributed by atoms with Crippen molar-refractivity contribution in [3.05, 3.63) is 11.1 Å². The Morgan fingerprint density at radius 2 is 2.29 bits per heavy atom. The molecule has 2 heterocycles. The van der Waals surface area contributed by atoms with E-state index in [-0.39, 0.29) is 12.0 Å². The van der Waals surface area contributed by atoms with Crippen LogP contribution in [-0.2, 0) is 0 Å². The van der Waals surface area contributed by atoms with Gasteiger partial charge in [-0.1, -0.05) is 0 Å². The number of hydrogen-bond donors (Lipinski definition) is 2. The number of amides is 1. The van der Waals surface area contributed by atoms with E-state index in [0.717, 1.165) is 18.0 Å². The highest BCUT2D eigenvalue weighted by molar-refractivity contribution is 7.14. The molecule has 0 bridgehead atoms. The van der Waals surface area contributed by atoms with E-state index in [1.807, 2.05) is 4.90 Å². The average Bonchev–Trinajstić information content (AvgIpc) is 2.67. The molecule has 1 saturated heterocycles. The number of aliphatic hydroxyl groups is 1. The summed E-state index contributed by atoms with van der Waals surface area (Å²) in [6.07, 6.45) is 3.13. The van der Waals surface area contributed by atoms with Crippen molar-refractivity contribution in [1.29, 1.82) is 0 Å². The third kappa shape index (κ3) is 2.14. The molecular weight excluding hydrogens is 238 g/mol. The molecule has 1 aliphatic heterocycles. The van der Waals surface area contributed by atoms with Crippen molar-refractivity contribution in [2.75, 3.05) is 18.0 Å². The summed E-state index contributed by atoms with van der Waals surface area (Å²) in [7, 11) is 0. The molecule has 0 aromatic carbocycles. The molecule has 1 aliphatic carbocycles. The minimum absolute atomic E-state index is 0.0710. The molecule has 3 rings (SSSR count). The fourth-order valence-electron chi connectivity index (χ4n) is 1.94. The first-order chi connectivity index (χ1) is 8.22. The Morgan fingerprint density at radius 1 is 1.53 bits per heavy atom. The van der Waals surface area contributed by atoms with Crippen LogP contribution in [0.5, 0.6) is 0 Å². The zero-order valence-electron chi connectivity index (χ0n) is 9.43. The number of nitrogens with one attached hydrogen (secondary N) is 1. The molecule has 92 valence electrons. The molecule has 17 heavy (non-hydrogen) atoms. The average molecular weight is 253 g/mol. The molecule has 1 aromatic heterocycles. The largest absolute Gasteiger partial charge is 0.389 e. The Kier molecular flexibility index (Phi) is 2.76. The molecule has 0 atom stereocenters. The van der Waals surface area contributed by atoms with E-state index < -0.39 is 0 Å². The minimum atomic E-state index is -0.244. The van der Waals surface area contributed by atoms with Crippen LogP contribution >= 0.6 is 11.3 Å². The quantitative estimate of drug-likeness (QED) is 0.828. The van der Waals surface area contributed by atoms with Gasteiger partial charge in [-0.15, -0.1) is 11.3 Å². The summed E-state index contributed by atoms with van der Waals surface area (Å²) < 4.78 is 0. The molecule has 1 saturated carbocycles. The monoisotopic (exact) mass is 253 g/mol. The maximum Gasteiger partial charge on any atom is 0.271 e. The van der Waals surface area contributed by atoms with E-state index in [0.29, 0.717) is 24.8 Å². The van der Waals surface area contributed by atoms with Crippen LogP contribution in [-0.4, -0.2) is 41.2 Å². The van der Waals surface area contributed by atoms with Crippen LogP contribution in [0.1, 0.15) is 29.8 Å². The zero-order chi connectivity index (χ0) is 11.8. The lowest BCUT2D eigenvalue weighted by molar-refractivity contribution is 0.0912. The number of anilines is 1. The number of hydrogen-bond acceptors (Lipinski definition) is 5. The van der Waals surface area contributed by atoms with Gasteiger partial charge in [-0.05, 0) is 19.3 Å². The summed E-state index contributed by atoms with van der Waals surface area (Å²) in [4.78, 5) is 18.1. The minimum Gasteiger partial charge on any atom is -0.389 e. The van der Waals surface area contributed by atoms with Crippen LogP contribution in [0.4, 0.5) is 5.13 Å². The Morgan fingerprint density at radius 3 is 2.88 bits per heavy atom. The van der Waals surface area contributed by atoms with Gasteiger partial charge in [-0.3, -0.25) is 4.79 Å². The Hall–Kier alpha value is -1.14. The van der Waals surface area contributed by atoms with Gasteiger partial charge >= 0.3 is 0 Å². The van der Waals surface area contributed by atoms with Crippen molar-refractivity contribution >= 4 is 22.4 Å². The molecule has 2 aliphatic rings. The highest BCUT2D eigenvalue weighted by atomic mass is 32.1. The number of carbonyl (C=O) groups is 1. The van der Waals surface area contributed by atoms with Crippen molar-refractivity contribution < 1.29 is 9.90 Å². The lowest BCUT2D eigenvalue weighted by Gasteiger charge is -2.35. The first kappa shape index (κ1) is 11.0. The van der Waals surface area contributed by atoms with E-state index in [9.17, 15) is 9.90 Å². The van der Waals surface area contributed by atoms with Crippen molar-refractivity contribution in [3.8, 4) is 0 Å². The van der Waals surface area contributed by atoms with Crippen LogP contribution in [0.2, 0.25) is 0 Å². The molecule has 1 amide bonds. The van der Waals surface area contributed by atoms with Crippen LogP contribution in [0, 0.1) is 0 Å². The maximum absolute atomic E-state index is 11.8. The smallest absolute Gasteiger partial charge is 0.271 e. The van der Waals surface area contributed by atoms with Gasteiger partial charge in [0.1, 0.15) is 5.69 Å². The van der Waals surface area contributed by atoms with Crippen LogP contribution in [0.15, 0.2) is 5.38 Å². The van der Waals surface area contributed by atoms with E-state index in [2.05, 4.69) is 10.3 Å². The molecule has 6 heteroatoms. The SMILES string of the molecule is O=C(NC1CCC1)c1csc(N2CC(O)C2)n1. The second-order valence-corrected chi connectivity index (χ2v) is 5.51. The van der Waals surface area contributed by atoms with E-state index in [4.69, 9.17) is 0 Å². The second-order valence-electron chi connectivity index (χ2n) is 4.68. The third-order valence-corrected chi connectivity index (χ3v) is 4.20. The summed E-state index contributed by atoms with van der Waals surface area (Å²) in [6.45, 7) is 1.24. The second kappa shape index (κ2) is 4.27. The molecule has 0 spiro atoms. The van der Waals surface area contributed by atoms with Gasteiger partial charge in [-0.2, -0.15) is 0 Å². The molecule has 1 aromatic rings. The Bertz CT molecular complexity index is 424. The Balaban J connectivity index is 1.61. The lowest BCUT2D eigenvalue weighted by atomic mass is 9.93. The van der Waals surface area contributed by atoms with Gasteiger partial charge in [0.05, 0.1) is 6.10 Å². The molecular formula is C11H15N3O2S. The predicted octanol–water partition coefficient (Wildman–Crippen LogP) is 0.606. The van der Waals surface area contributed by atoms with Crippen LogP contribution < -0.4 is 10.2 Å². The topological polar surface area (TPSA) is 65.5 Å². The van der Waals surface area contributed by atoms with E-state index in [1.54, 1.807) is 5.38 Å². The Labute approximate surface area is 103 Å².